The van der Waals surface area contributed by atoms with Crippen LogP contribution in [-0.4, -0.2) is 5.11 Å². The molecule has 2 nitrogen and oxygen atoms in total. The van der Waals surface area contributed by atoms with Crippen molar-refractivity contribution in [1.82, 2.24) is 0 Å². The minimum atomic E-state index is 0.217. The molecule has 0 aliphatic carbocycles. The lowest BCUT2D eigenvalue weighted by atomic mass is 9.87. The third-order valence-electron chi connectivity index (χ3n) is 2.15. The molecule has 0 amide bonds. The van der Waals surface area contributed by atoms with Crippen LogP contribution in [0.5, 0.6) is 5.75 Å². The first-order valence-electron chi connectivity index (χ1n) is 5.10. The Morgan fingerprint density at radius 1 is 1.33 bits per heavy atom. The first-order chi connectivity index (χ1) is 6.92. The summed E-state index contributed by atoms with van der Waals surface area (Å²) in [6.07, 6.45) is 1.22. The molecule has 0 saturated heterocycles. The Morgan fingerprint density at radius 3 is 2.53 bits per heavy atom. The summed E-state index contributed by atoms with van der Waals surface area (Å²) in [6, 6.07) is 7.57. The SMILES string of the molecule is CC(C)(C)Cc1ccc(O)c(CC#N)c1. The first-order valence-corrected chi connectivity index (χ1v) is 5.10. The highest BCUT2D eigenvalue weighted by Gasteiger charge is 2.12. The van der Waals surface area contributed by atoms with Crippen LogP contribution in [0.1, 0.15) is 31.9 Å². The van der Waals surface area contributed by atoms with Gasteiger partial charge >= 0.3 is 0 Å². The number of phenols is 1. The standard InChI is InChI=1S/C13H17NO/c1-13(2,3)9-10-4-5-12(15)11(8-10)6-7-14/h4-5,8,15H,6,9H2,1-3H3. The summed E-state index contributed by atoms with van der Waals surface area (Å²) in [5, 5.41) is 18.1. The maximum absolute atomic E-state index is 9.51. The minimum absolute atomic E-state index is 0.217. The molecule has 0 spiro atoms. The molecule has 0 fully saturated rings. The second-order valence-corrected chi connectivity index (χ2v) is 5.04. The van der Waals surface area contributed by atoms with Crippen molar-refractivity contribution in [2.45, 2.75) is 33.6 Å². The topological polar surface area (TPSA) is 44.0 Å². The molecule has 0 atom stereocenters. The molecule has 1 aromatic carbocycles. The molecule has 0 bridgehead atoms. The van der Waals surface area contributed by atoms with Crippen LogP contribution in [0.4, 0.5) is 0 Å². The quantitative estimate of drug-likeness (QED) is 0.802. The fourth-order valence-corrected chi connectivity index (χ4v) is 1.59. The highest BCUT2D eigenvalue weighted by molar-refractivity contribution is 5.38. The normalized spacial score (nSPS) is 11.1. The second kappa shape index (κ2) is 4.35. The lowest BCUT2D eigenvalue weighted by Crippen LogP contribution is -2.09. The van der Waals surface area contributed by atoms with Crippen molar-refractivity contribution in [3.8, 4) is 11.8 Å². The molecule has 0 aromatic heterocycles. The molecular formula is C13H17NO. The number of rotatable bonds is 2. The van der Waals surface area contributed by atoms with E-state index >= 15 is 0 Å². The average molecular weight is 203 g/mol. The van der Waals surface area contributed by atoms with E-state index in [0.717, 1.165) is 12.0 Å². The van der Waals surface area contributed by atoms with Crippen molar-refractivity contribution in [3.63, 3.8) is 0 Å². The van der Waals surface area contributed by atoms with Gasteiger partial charge in [0.15, 0.2) is 0 Å². The summed E-state index contributed by atoms with van der Waals surface area (Å²) in [5.74, 6) is 0.217. The van der Waals surface area contributed by atoms with Gasteiger partial charge in [-0.15, -0.1) is 0 Å². The number of nitriles is 1. The summed E-state index contributed by atoms with van der Waals surface area (Å²) in [6.45, 7) is 6.51. The Bertz CT molecular complexity index is 383. The Kier molecular flexibility index (Phi) is 3.36. The zero-order valence-electron chi connectivity index (χ0n) is 9.54. The van der Waals surface area contributed by atoms with Crippen LogP contribution in [-0.2, 0) is 12.8 Å². The van der Waals surface area contributed by atoms with E-state index in [0.29, 0.717) is 0 Å². The molecule has 0 heterocycles. The summed E-state index contributed by atoms with van der Waals surface area (Å²) in [4.78, 5) is 0. The van der Waals surface area contributed by atoms with Gasteiger partial charge in [-0.25, -0.2) is 0 Å². The summed E-state index contributed by atoms with van der Waals surface area (Å²) in [5.41, 5.74) is 2.12. The predicted octanol–water partition coefficient (Wildman–Crippen LogP) is 3.05. The molecular weight excluding hydrogens is 186 g/mol. The lowest BCUT2D eigenvalue weighted by molar-refractivity contribution is 0.410. The zero-order chi connectivity index (χ0) is 11.5. The number of hydrogen-bond acceptors (Lipinski definition) is 2. The van der Waals surface area contributed by atoms with Crippen molar-refractivity contribution in [2.24, 2.45) is 5.41 Å². The maximum Gasteiger partial charge on any atom is 0.119 e. The van der Waals surface area contributed by atoms with Gasteiger partial charge in [-0.05, 0) is 23.5 Å². The number of benzene rings is 1. The monoisotopic (exact) mass is 203 g/mol. The van der Waals surface area contributed by atoms with Gasteiger partial charge in [0.2, 0.25) is 0 Å². The van der Waals surface area contributed by atoms with Crippen LogP contribution in [0, 0.1) is 16.7 Å². The van der Waals surface area contributed by atoms with Gasteiger partial charge in [0, 0.05) is 5.56 Å². The highest BCUT2D eigenvalue weighted by Crippen LogP contribution is 2.24. The van der Waals surface area contributed by atoms with Crippen LogP contribution in [0.3, 0.4) is 0 Å². The van der Waals surface area contributed by atoms with E-state index in [1.807, 2.05) is 12.1 Å². The van der Waals surface area contributed by atoms with Crippen LogP contribution in [0.2, 0.25) is 0 Å². The molecule has 80 valence electrons. The van der Waals surface area contributed by atoms with E-state index < -0.39 is 0 Å². The number of nitrogens with zero attached hydrogens (tertiary/aromatic N) is 1. The molecule has 1 aromatic rings. The van der Waals surface area contributed by atoms with Gasteiger partial charge in [-0.3, -0.25) is 0 Å². The summed E-state index contributed by atoms with van der Waals surface area (Å²) in [7, 11) is 0. The van der Waals surface area contributed by atoms with Gasteiger partial charge in [-0.2, -0.15) is 5.26 Å². The zero-order valence-corrected chi connectivity index (χ0v) is 9.54. The number of aromatic hydroxyl groups is 1. The van der Waals surface area contributed by atoms with Crippen LogP contribution in [0.25, 0.3) is 0 Å². The highest BCUT2D eigenvalue weighted by atomic mass is 16.3. The molecule has 0 saturated carbocycles. The van der Waals surface area contributed by atoms with Gasteiger partial charge < -0.3 is 5.11 Å². The fourth-order valence-electron chi connectivity index (χ4n) is 1.59. The number of hydrogen-bond donors (Lipinski definition) is 1. The molecule has 15 heavy (non-hydrogen) atoms. The van der Waals surface area contributed by atoms with Gasteiger partial charge in [0.25, 0.3) is 0 Å². The van der Waals surface area contributed by atoms with Crippen LogP contribution < -0.4 is 0 Å². The van der Waals surface area contributed by atoms with Crippen molar-refractivity contribution < 1.29 is 5.11 Å². The van der Waals surface area contributed by atoms with Crippen molar-refractivity contribution in [2.75, 3.05) is 0 Å². The third kappa shape index (κ3) is 3.63. The Balaban J connectivity index is 2.93. The van der Waals surface area contributed by atoms with E-state index in [1.165, 1.54) is 5.56 Å². The molecule has 0 radical (unpaired) electrons. The first kappa shape index (κ1) is 11.6. The maximum atomic E-state index is 9.51. The van der Waals surface area contributed by atoms with E-state index in [9.17, 15) is 5.11 Å². The molecule has 1 N–H and O–H groups in total. The number of phenolic OH excluding ortho intramolecular Hbond substituents is 1. The van der Waals surface area contributed by atoms with Crippen molar-refractivity contribution >= 4 is 0 Å². The molecule has 0 unspecified atom stereocenters. The lowest BCUT2D eigenvalue weighted by Gasteiger charge is -2.18. The van der Waals surface area contributed by atoms with Gasteiger partial charge in [0.1, 0.15) is 5.75 Å². The van der Waals surface area contributed by atoms with Crippen LogP contribution >= 0.6 is 0 Å². The third-order valence-corrected chi connectivity index (χ3v) is 2.15. The van der Waals surface area contributed by atoms with E-state index in [-0.39, 0.29) is 17.6 Å². The second-order valence-electron chi connectivity index (χ2n) is 5.04. The summed E-state index contributed by atoms with van der Waals surface area (Å²) < 4.78 is 0. The van der Waals surface area contributed by atoms with Gasteiger partial charge in [-0.1, -0.05) is 32.9 Å². The Morgan fingerprint density at radius 2 is 2.00 bits per heavy atom. The van der Waals surface area contributed by atoms with E-state index in [4.69, 9.17) is 5.26 Å². The molecule has 0 aliphatic rings. The fraction of sp³-hybridized carbons (Fsp3) is 0.462. The van der Waals surface area contributed by atoms with Crippen molar-refractivity contribution in [3.05, 3.63) is 29.3 Å². The van der Waals surface area contributed by atoms with Crippen molar-refractivity contribution in [1.29, 1.82) is 5.26 Å². The molecule has 2 heteroatoms. The Hall–Kier alpha value is -1.49. The summed E-state index contributed by atoms with van der Waals surface area (Å²) >= 11 is 0. The molecule has 0 aliphatic heterocycles. The molecule has 1 rings (SSSR count). The van der Waals surface area contributed by atoms with E-state index in [1.54, 1.807) is 6.07 Å². The smallest absolute Gasteiger partial charge is 0.119 e. The van der Waals surface area contributed by atoms with Crippen LogP contribution in [0.15, 0.2) is 18.2 Å². The van der Waals surface area contributed by atoms with Gasteiger partial charge in [0.05, 0.1) is 12.5 Å². The predicted molar refractivity (Wildman–Crippen MR) is 60.6 cm³/mol. The Labute approximate surface area is 91.2 Å². The largest absolute Gasteiger partial charge is 0.508 e. The average Bonchev–Trinajstić information content (AvgIpc) is 2.09. The van der Waals surface area contributed by atoms with E-state index in [2.05, 4.69) is 26.8 Å². The minimum Gasteiger partial charge on any atom is -0.508 e.